The molecule has 1 aliphatic carbocycles. The van der Waals surface area contributed by atoms with Crippen LogP contribution in [0.15, 0.2) is 42.5 Å². The quantitative estimate of drug-likeness (QED) is 0.491. The highest BCUT2D eigenvalue weighted by Gasteiger charge is 2.16. The lowest BCUT2D eigenvalue weighted by atomic mass is 9.95. The fourth-order valence-corrected chi connectivity index (χ4v) is 3.78. The number of amides is 3. The number of carbonyl (C=O) groups excluding carboxylic acids is 3. The molecule has 3 rings (SSSR count). The molecule has 0 atom stereocenters. The fourth-order valence-electron chi connectivity index (χ4n) is 3.78. The van der Waals surface area contributed by atoms with Gasteiger partial charge in [0.2, 0.25) is 11.8 Å². The molecule has 4 N–H and O–H groups in total. The van der Waals surface area contributed by atoms with Crippen LogP contribution in [0.2, 0.25) is 0 Å². The van der Waals surface area contributed by atoms with Crippen molar-refractivity contribution in [2.24, 2.45) is 0 Å². The maximum absolute atomic E-state index is 12.4. The first kappa shape index (κ1) is 23.3. The average molecular weight is 437 g/mol. The Morgan fingerprint density at radius 2 is 1.50 bits per heavy atom. The van der Waals surface area contributed by atoms with Crippen molar-refractivity contribution in [2.75, 3.05) is 22.5 Å². The van der Waals surface area contributed by atoms with E-state index >= 15 is 0 Å². The predicted octanol–water partition coefficient (Wildman–Crippen LogP) is 4.46. The van der Waals surface area contributed by atoms with Crippen molar-refractivity contribution in [1.82, 2.24) is 5.32 Å². The SMILES string of the molecule is CCC(=O)Nc1cccc(NC(=O)CNc2ccc(C(=O)NC3CCCCC3)cc2)c1C. The van der Waals surface area contributed by atoms with Crippen LogP contribution in [0.4, 0.5) is 17.1 Å². The normalized spacial score (nSPS) is 13.8. The lowest BCUT2D eigenvalue weighted by molar-refractivity contribution is -0.116. The van der Waals surface area contributed by atoms with Gasteiger partial charge in [-0.05, 0) is 61.7 Å². The molecular formula is C25H32N4O3. The summed E-state index contributed by atoms with van der Waals surface area (Å²) in [6, 6.07) is 12.8. The summed E-state index contributed by atoms with van der Waals surface area (Å²) in [5.74, 6) is -0.327. The Morgan fingerprint density at radius 1 is 0.875 bits per heavy atom. The molecule has 7 nitrogen and oxygen atoms in total. The van der Waals surface area contributed by atoms with Gasteiger partial charge in [-0.15, -0.1) is 0 Å². The van der Waals surface area contributed by atoms with Crippen LogP contribution in [0.1, 0.15) is 61.4 Å². The summed E-state index contributed by atoms with van der Waals surface area (Å²) in [4.78, 5) is 36.5. The minimum atomic E-state index is -0.203. The van der Waals surface area contributed by atoms with Gasteiger partial charge in [0.15, 0.2) is 0 Å². The van der Waals surface area contributed by atoms with Crippen molar-refractivity contribution >= 4 is 34.8 Å². The summed E-state index contributed by atoms with van der Waals surface area (Å²) in [7, 11) is 0. The molecule has 7 heteroatoms. The van der Waals surface area contributed by atoms with Crippen LogP contribution in [0, 0.1) is 6.92 Å². The number of nitrogens with one attached hydrogen (secondary N) is 4. The Kier molecular flexibility index (Phi) is 8.25. The second kappa shape index (κ2) is 11.3. The van der Waals surface area contributed by atoms with Gasteiger partial charge >= 0.3 is 0 Å². The summed E-state index contributed by atoms with van der Waals surface area (Å²) < 4.78 is 0. The standard InChI is InChI=1S/C25H32N4O3/c1-3-23(30)28-21-10-7-11-22(17(21)2)29-24(31)16-26-19-14-12-18(13-15-19)25(32)27-20-8-5-4-6-9-20/h7,10-15,20,26H,3-6,8-9,16H2,1-2H3,(H,27,32)(H,28,30)(H,29,31). The van der Waals surface area contributed by atoms with E-state index in [0.717, 1.165) is 24.1 Å². The summed E-state index contributed by atoms with van der Waals surface area (Å²) in [6.45, 7) is 3.72. The highest BCUT2D eigenvalue weighted by Crippen LogP contribution is 2.23. The molecule has 32 heavy (non-hydrogen) atoms. The molecule has 3 amide bonds. The van der Waals surface area contributed by atoms with Crippen LogP contribution in [0.3, 0.4) is 0 Å². The van der Waals surface area contributed by atoms with E-state index in [0.29, 0.717) is 23.4 Å². The van der Waals surface area contributed by atoms with Crippen molar-refractivity contribution in [1.29, 1.82) is 0 Å². The maximum Gasteiger partial charge on any atom is 0.251 e. The van der Waals surface area contributed by atoms with Gasteiger partial charge in [-0.1, -0.05) is 32.3 Å². The number of hydrogen-bond acceptors (Lipinski definition) is 4. The molecule has 1 saturated carbocycles. The van der Waals surface area contributed by atoms with E-state index in [-0.39, 0.29) is 30.3 Å². The maximum atomic E-state index is 12.4. The largest absolute Gasteiger partial charge is 0.376 e. The van der Waals surface area contributed by atoms with E-state index in [1.807, 2.05) is 13.0 Å². The van der Waals surface area contributed by atoms with Crippen LogP contribution in [-0.4, -0.2) is 30.3 Å². The molecule has 2 aromatic carbocycles. The first-order valence-corrected chi connectivity index (χ1v) is 11.3. The third-order valence-electron chi connectivity index (χ3n) is 5.74. The third-order valence-corrected chi connectivity index (χ3v) is 5.74. The molecular weight excluding hydrogens is 404 g/mol. The zero-order valence-corrected chi connectivity index (χ0v) is 18.8. The smallest absolute Gasteiger partial charge is 0.251 e. The molecule has 0 aromatic heterocycles. The zero-order chi connectivity index (χ0) is 22.9. The van der Waals surface area contributed by atoms with Gasteiger partial charge in [0.1, 0.15) is 0 Å². The van der Waals surface area contributed by atoms with Gasteiger partial charge in [0, 0.05) is 35.1 Å². The van der Waals surface area contributed by atoms with E-state index < -0.39 is 0 Å². The number of carbonyl (C=O) groups is 3. The summed E-state index contributed by atoms with van der Waals surface area (Å²) in [5.41, 5.74) is 3.52. The molecule has 0 saturated heterocycles. The third kappa shape index (κ3) is 6.57. The summed E-state index contributed by atoms with van der Waals surface area (Å²) in [6.07, 6.45) is 6.09. The number of anilines is 3. The first-order chi connectivity index (χ1) is 15.5. The van der Waals surface area contributed by atoms with E-state index in [4.69, 9.17) is 0 Å². The average Bonchev–Trinajstić information content (AvgIpc) is 2.81. The molecule has 0 bridgehead atoms. The second-order valence-electron chi connectivity index (χ2n) is 8.17. The van der Waals surface area contributed by atoms with E-state index in [2.05, 4.69) is 21.3 Å². The van der Waals surface area contributed by atoms with E-state index in [9.17, 15) is 14.4 Å². The monoisotopic (exact) mass is 436 g/mol. The molecule has 0 heterocycles. The number of hydrogen-bond donors (Lipinski definition) is 4. The number of benzene rings is 2. The minimum absolute atomic E-state index is 0.0493. The predicted molar refractivity (Wildman–Crippen MR) is 128 cm³/mol. The molecule has 170 valence electrons. The van der Waals surface area contributed by atoms with Crippen molar-refractivity contribution in [3.63, 3.8) is 0 Å². The summed E-state index contributed by atoms with van der Waals surface area (Å²) >= 11 is 0. The Hall–Kier alpha value is -3.35. The minimum Gasteiger partial charge on any atom is -0.376 e. The van der Waals surface area contributed by atoms with E-state index in [1.165, 1.54) is 19.3 Å². The van der Waals surface area contributed by atoms with Gasteiger partial charge in [0.25, 0.3) is 5.91 Å². The van der Waals surface area contributed by atoms with Crippen molar-refractivity contribution < 1.29 is 14.4 Å². The van der Waals surface area contributed by atoms with Crippen molar-refractivity contribution in [2.45, 2.75) is 58.4 Å². The highest BCUT2D eigenvalue weighted by molar-refractivity contribution is 5.97. The lowest BCUT2D eigenvalue weighted by Gasteiger charge is -2.22. The van der Waals surface area contributed by atoms with Crippen LogP contribution in [0.5, 0.6) is 0 Å². The molecule has 0 aliphatic heterocycles. The molecule has 0 spiro atoms. The van der Waals surface area contributed by atoms with Crippen LogP contribution < -0.4 is 21.3 Å². The topological polar surface area (TPSA) is 99.3 Å². The van der Waals surface area contributed by atoms with Gasteiger partial charge in [-0.3, -0.25) is 14.4 Å². The second-order valence-corrected chi connectivity index (χ2v) is 8.17. The Labute approximate surface area is 189 Å². The first-order valence-electron chi connectivity index (χ1n) is 11.3. The van der Waals surface area contributed by atoms with Gasteiger partial charge < -0.3 is 21.3 Å². The molecule has 2 aromatic rings. The van der Waals surface area contributed by atoms with Crippen LogP contribution in [-0.2, 0) is 9.59 Å². The van der Waals surface area contributed by atoms with Gasteiger partial charge in [-0.25, -0.2) is 0 Å². The Bertz CT molecular complexity index is 950. The van der Waals surface area contributed by atoms with E-state index in [1.54, 1.807) is 43.3 Å². The summed E-state index contributed by atoms with van der Waals surface area (Å²) in [5, 5.41) is 11.9. The Morgan fingerprint density at radius 3 is 2.12 bits per heavy atom. The molecule has 1 fully saturated rings. The molecule has 0 unspecified atom stereocenters. The lowest BCUT2D eigenvalue weighted by Crippen LogP contribution is -2.36. The van der Waals surface area contributed by atoms with Crippen molar-refractivity contribution in [3.05, 3.63) is 53.6 Å². The zero-order valence-electron chi connectivity index (χ0n) is 18.8. The van der Waals surface area contributed by atoms with Crippen LogP contribution in [0.25, 0.3) is 0 Å². The van der Waals surface area contributed by atoms with Crippen LogP contribution >= 0.6 is 0 Å². The molecule has 1 aliphatic rings. The Balaban J connectivity index is 1.50. The van der Waals surface area contributed by atoms with Gasteiger partial charge in [0.05, 0.1) is 6.54 Å². The number of rotatable bonds is 8. The fraction of sp³-hybridized carbons (Fsp3) is 0.400. The van der Waals surface area contributed by atoms with Gasteiger partial charge in [-0.2, -0.15) is 0 Å². The van der Waals surface area contributed by atoms with Crippen molar-refractivity contribution in [3.8, 4) is 0 Å². The molecule has 0 radical (unpaired) electrons. The highest BCUT2D eigenvalue weighted by atomic mass is 16.2.